The van der Waals surface area contributed by atoms with Gasteiger partial charge in [0.1, 0.15) is 5.69 Å². The fraction of sp³-hybridized carbons (Fsp3) is 0.421. The summed E-state index contributed by atoms with van der Waals surface area (Å²) in [6, 6.07) is 12.5. The van der Waals surface area contributed by atoms with Gasteiger partial charge in [-0.3, -0.25) is 14.5 Å². The van der Waals surface area contributed by atoms with Crippen LogP contribution < -0.4 is 10.9 Å². The first-order valence-corrected chi connectivity index (χ1v) is 9.12. The lowest BCUT2D eigenvalue weighted by Gasteiger charge is -2.32. The number of likely N-dealkylation sites (tertiary alicyclic amines) is 1. The van der Waals surface area contributed by atoms with Gasteiger partial charge in [0.05, 0.1) is 5.69 Å². The van der Waals surface area contributed by atoms with E-state index in [-0.39, 0.29) is 11.5 Å². The van der Waals surface area contributed by atoms with Crippen molar-refractivity contribution in [1.82, 2.24) is 24.9 Å². The van der Waals surface area contributed by atoms with E-state index in [1.54, 1.807) is 12.1 Å². The Morgan fingerprint density at radius 3 is 2.58 bits per heavy atom. The monoisotopic (exact) mass is 353 g/mol. The Kier molecular flexibility index (Phi) is 4.81. The van der Waals surface area contributed by atoms with Crippen LogP contribution in [0.1, 0.15) is 16.9 Å². The molecule has 2 fully saturated rings. The molecule has 2 aromatic rings. The van der Waals surface area contributed by atoms with Crippen LogP contribution in [0, 0.1) is 0 Å². The van der Waals surface area contributed by atoms with Crippen molar-refractivity contribution in [3.8, 4) is 5.69 Å². The molecule has 1 unspecified atom stereocenters. The summed E-state index contributed by atoms with van der Waals surface area (Å²) in [6.45, 7) is 5.54. The Bertz CT molecular complexity index is 829. The molecule has 7 nitrogen and oxygen atoms in total. The third-order valence-corrected chi connectivity index (χ3v) is 5.14. The number of carbonyl (C=O) groups excluding carboxylic acids is 1. The lowest BCUT2D eigenvalue weighted by molar-refractivity contribution is 0.0765. The SMILES string of the molecule is O=C(c1ccc(=O)n(-c2ccccc2)n1)N1CCC(N2CCNCC2)C1. The topological polar surface area (TPSA) is 70.5 Å². The molecule has 7 heteroatoms. The predicted molar refractivity (Wildman–Crippen MR) is 98.6 cm³/mol. The first kappa shape index (κ1) is 16.9. The molecule has 3 heterocycles. The van der Waals surface area contributed by atoms with Crippen molar-refractivity contribution < 1.29 is 4.79 Å². The molecule has 1 atom stereocenters. The fourth-order valence-electron chi connectivity index (χ4n) is 3.71. The van der Waals surface area contributed by atoms with Gasteiger partial charge in [-0.2, -0.15) is 9.78 Å². The number of benzene rings is 1. The minimum Gasteiger partial charge on any atom is -0.336 e. The molecule has 1 aromatic carbocycles. The second kappa shape index (κ2) is 7.39. The average Bonchev–Trinajstić information content (AvgIpc) is 3.19. The molecule has 136 valence electrons. The van der Waals surface area contributed by atoms with Crippen LogP contribution in [0.5, 0.6) is 0 Å². The predicted octanol–water partition coefficient (Wildman–Crippen LogP) is 0.352. The number of nitrogens with zero attached hydrogens (tertiary/aromatic N) is 4. The number of para-hydroxylation sites is 1. The van der Waals surface area contributed by atoms with Crippen LogP contribution in [-0.2, 0) is 0 Å². The molecule has 2 saturated heterocycles. The largest absolute Gasteiger partial charge is 0.336 e. The molecule has 26 heavy (non-hydrogen) atoms. The standard InChI is InChI=1S/C19H23N5O2/c25-18-7-6-17(21-24(18)15-4-2-1-3-5-15)19(26)23-11-8-16(14-23)22-12-9-20-10-13-22/h1-7,16,20H,8-14H2. The molecule has 2 aliphatic rings. The van der Waals surface area contributed by atoms with E-state index in [0.717, 1.165) is 45.7 Å². The Morgan fingerprint density at radius 2 is 1.81 bits per heavy atom. The molecule has 0 aliphatic carbocycles. The number of piperazine rings is 1. The summed E-state index contributed by atoms with van der Waals surface area (Å²) in [5.41, 5.74) is 0.731. The number of aromatic nitrogens is 2. The summed E-state index contributed by atoms with van der Waals surface area (Å²) >= 11 is 0. The number of amides is 1. The number of carbonyl (C=O) groups is 1. The third kappa shape index (κ3) is 3.40. The van der Waals surface area contributed by atoms with Crippen LogP contribution in [0.25, 0.3) is 5.69 Å². The van der Waals surface area contributed by atoms with E-state index in [1.165, 1.54) is 16.8 Å². The maximum Gasteiger partial charge on any atom is 0.274 e. The van der Waals surface area contributed by atoms with Gasteiger partial charge in [0.2, 0.25) is 0 Å². The molecule has 0 spiro atoms. The van der Waals surface area contributed by atoms with Gasteiger partial charge >= 0.3 is 0 Å². The Morgan fingerprint density at radius 1 is 1.04 bits per heavy atom. The van der Waals surface area contributed by atoms with E-state index in [4.69, 9.17) is 0 Å². The van der Waals surface area contributed by atoms with Gasteiger partial charge in [-0.15, -0.1) is 0 Å². The van der Waals surface area contributed by atoms with Crippen molar-refractivity contribution in [1.29, 1.82) is 0 Å². The van der Waals surface area contributed by atoms with Gasteiger partial charge in [-0.25, -0.2) is 0 Å². The van der Waals surface area contributed by atoms with Crippen LogP contribution in [0.4, 0.5) is 0 Å². The van der Waals surface area contributed by atoms with Gasteiger partial charge < -0.3 is 10.2 Å². The smallest absolute Gasteiger partial charge is 0.274 e. The molecular formula is C19H23N5O2. The highest BCUT2D eigenvalue weighted by Crippen LogP contribution is 2.18. The third-order valence-electron chi connectivity index (χ3n) is 5.14. The number of hydrogen-bond donors (Lipinski definition) is 1. The van der Waals surface area contributed by atoms with Crippen molar-refractivity contribution in [2.75, 3.05) is 39.3 Å². The van der Waals surface area contributed by atoms with E-state index in [1.807, 2.05) is 23.1 Å². The van der Waals surface area contributed by atoms with Crippen molar-refractivity contribution in [2.45, 2.75) is 12.5 Å². The van der Waals surface area contributed by atoms with Crippen molar-refractivity contribution in [3.63, 3.8) is 0 Å². The van der Waals surface area contributed by atoms with E-state index >= 15 is 0 Å². The summed E-state index contributed by atoms with van der Waals surface area (Å²) in [4.78, 5) is 29.3. The number of nitrogens with one attached hydrogen (secondary N) is 1. The van der Waals surface area contributed by atoms with E-state index in [2.05, 4.69) is 15.3 Å². The van der Waals surface area contributed by atoms with Crippen LogP contribution in [-0.4, -0.2) is 70.8 Å². The average molecular weight is 353 g/mol. The highest BCUT2D eigenvalue weighted by Gasteiger charge is 2.32. The molecule has 0 bridgehead atoms. The second-order valence-electron chi connectivity index (χ2n) is 6.78. The molecule has 4 rings (SSSR count). The maximum absolute atomic E-state index is 12.9. The van der Waals surface area contributed by atoms with Gasteiger partial charge in [-0.05, 0) is 24.6 Å². The number of hydrogen-bond acceptors (Lipinski definition) is 5. The summed E-state index contributed by atoms with van der Waals surface area (Å²) in [7, 11) is 0. The molecule has 1 amide bonds. The highest BCUT2D eigenvalue weighted by atomic mass is 16.2. The first-order valence-electron chi connectivity index (χ1n) is 9.12. The second-order valence-corrected chi connectivity index (χ2v) is 6.78. The lowest BCUT2D eigenvalue weighted by atomic mass is 10.2. The van der Waals surface area contributed by atoms with Crippen molar-refractivity contribution in [2.24, 2.45) is 0 Å². The van der Waals surface area contributed by atoms with E-state index < -0.39 is 0 Å². The minimum absolute atomic E-state index is 0.104. The van der Waals surface area contributed by atoms with Gasteiger partial charge in [0, 0.05) is 51.4 Å². The maximum atomic E-state index is 12.9. The summed E-state index contributed by atoms with van der Waals surface area (Å²) < 4.78 is 1.29. The summed E-state index contributed by atoms with van der Waals surface area (Å²) in [5.74, 6) is -0.104. The lowest BCUT2D eigenvalue weighted by Crippen LogP contribution is -2.49. The number of rotatable bonds is 3. The van der Waals surface area contributed by atoms with E-state index in [0.29, 0.717) is 17.4 Å². The molecule has 0 saturated carbocycles. The molecule has 1 aromatic heterocycles. The van der Waals surface area contributed by atoms with Crippen LogP contribution in [0.15, 0.2) is 47.3 Å². The Balaban J connectivity index is 1.51. The van der Waals surface area contributed by atoms with Gasteiger partial charge in [0.15, 0.2) is 0 Å². The Labute approximate surface area is 152 Å². The van der Waals surface area contributed by atoms with Crippen molar-refractivity contribution in [3.05, 3.63) is 58.5 Å². The van der Waals surface area contributed by atoms with Crippen LogP contribution in [0.2, 0.25) is 0 Å². The molecular weight excluding hydrogens is 330 g/mol. The normalized spacial score (nSPS) is 21.1. The summed E-state index contributed by atoms with van der Waals surface area (Å²) in [6.07, 6.45) is 0.990. The zero-order valence-electron chi connectivity index (χ0n) is 14.7. The minimum atomic E-state index is -0.243. The fourth-order valence-corrected chi connectivity index (χ4v) is 3.71. The van der Waals surface area contributed by atoms with Crippen LogP contribution in [0.3, 0.4) is 0 Å². The zero-order chi connectivity index (χ0) is 17.9. The zero-order valence-corrected chi connectivity index (χ0v) is 14.7. The summed E-state index contributed by atoms with van der Waals surface area (Å²) in [5, 5.41) is 7.67. The quantitative estimate of drug-likeness (QED) is 0.862. The van der Waals surface area contributed by atoms with Crippen LogP contribution >= 0.6 is 0 Å². The van der Waals surface area contributed by atoms with E-state index in [9.17, 15) is 9.59 Å². The van der Waals surface area contributed by atoms with Crippen molar-refractivity contribution >= 4 is 5.91 Å². The van der Waals surface area contributed by atoms with Gasteiger partial charge in [-0.1, -0.05) is 18.2 Å². The molecule has 2 aliphatic heterocycles. The Hall–Kier alpha value is -2.51. The first-order chi connectivity index (χ1) is 12.7. The molecule has 0 radical (unpaired) electrons. The van der Waals surface area contributed by atoms with Gasteiger partial charge in [0.25, 0.3) is 11.5 Å². The molecule has 1 N–H and O–H groups in total. The highest BCUT2D eigenvalue weighted by molar-refractivity contribution is 5.92.